The van der Waals surface area contributed by atoms with Crippen LogP contribution in [0.3, 0.4) is 0 Å². The van der Waals surface area contributed by atoms with E-state index in [1.54, 1.807) is 13.0 Å². The van der Waals surface area contributed by atoms with Crippen LogP contribution in [0.2, 0.25) is 0 Å². The van der Waals surface area contributed by atoms with Crippen LogP contribution in [0.4, 0.5) is 5.69 Å². The first-order valence-electron chi connectivity index (χ1n) is 6.62. The Morgan fingerprint density at radius 2 is 2.00 bits per heavy atom. The lowest BCUT2D eigenvalue weighted by molar-refractivity contribution is -0.385. The molecule has 6 heteroatoms. The van der Waals surface area contributed by atoms with Gasteiger partial charge in [0.05, 0.1) is 11.0 Å². The Balaban J connectivity index is 2.34. The largest absolute Gasteiger partial charge is 0.440 e. The molecule has 0 amide bonds. The van der Waals surface area contributed by atoms with Crippen molar-refractivity contribution >= 4 is 17.0 Å². The molecule has 2 rings (SSSR count). The average molecular weight is 307 g/mol. The molecule has 0 saturated heterocycles. The predicted octanol–water partition coefficient (Wildman–Crippen LogP) is 4.63. The first-order chi connectivity index (χ1) is 9.88. The van der Waals surface area contributed by atoms with Gasteiger partial charge in [-0.2, -0.15) is 0 Å². The van der Waals surface area contributed by atoms with Crippen molar-refractivity contribution in [2.75, 3.05) is 0 Å². The van der Waals surface area contributed by atoms with Crippen LogP contribution >= 0.6 is 11.3 Å². The lowest BCUT2D eigenvalue weighted by Crippen LogP contribution is -1.91. The number of aliphatic hydroxyl groups is 1. The molecule has 1 atom stereocenters. The van der Waals surface area contributed by atoms with Gasteiger partial charge in [0.2, 0.25) is 0 Å². The Bertz CT molecular complexity index is 649. The second-order valence-corrected chi connectivity index (χ2v) is 6.13. The van der Waals surface area contributed by atoms with Crippen molar-refractivity contribution in [1.29, 1.82) is 0 Å². The number of ether oxygens (including phenoxy) is 1. The van der Waals surface area contributed by atoms with E-state index in [0.29, 0.717) is 16.5 Å². The topological polar surface area (TPSA) is 72.6 Å². The van der Waals surface area contributed by atoms with E-state index in [1.807, 2.05) is 18.2 Å². The van der Waals surface area contributed by atoms with Crippen LogP contribution in [-0.4, -0.2) is 10.0 Å². The molecule has 0 saturated carbocycles. The van der Waals surface area contributed by atoms with Gasteiger partial charge in [-0.3, -0.25) is 10.1 Å². The van der Waals surface area contributed by atoms with Crippen LogP contribution in [0.1, 0.15) is 43.2 Å². The van der Waals surface area contributed by atoms with Crippen molar-refractivity contribution < 1.29 is 14.8 Å². The third-order valence-electron chi connectivity index (χ3n) is 3.04. The van der Waals surface area contributed by atoms with Gasteiger partial charge in [-0.05, 0) is 30.5 Å². The lowest BCUT2D eigenvalue weighted by atomic mass is 10.0. The fraction of sp³-hybridized carbons (Fsp3) is 0.333. The summed E-state index contributed by atoms with van der Waals surface area (Å²) in [4.78, 5) is 11.1. The predicted molar refractivity (Wildman–Crippen MR) is 82.2 cm³/mol. The van der Waals surface area contributed by atoms with E-state index in [4.69, 9.17) is 4.74 Å². The molecule has 0 fully saturated rings. The molecule has 0 aliphatic heterocycles. The maximum absolute atomic E-state index is 11.1. The highest BCUT2D eigenvalue weighted by Gasteiger charge is 2.23. The van der Waals surface area contributed by atoms with Crippen LogP contribution in [0.5, 0.6) is 10.8 Å². The van der Waals surface area contributed by atoms with E-state index >= 15 is 0 Å². The zero-order valence-corrected chi connectivity index (χ0v) is 12.9. The van der Waals surface area contributed by atoms with Gasteiger partial charge in [0.1, 0.15) is 5.75 Å². The van der Waals surface area contributed by atoms with Gasteiger partial charge in [-0.25, -0.2) is 0 Å². The van der Waals surface area contributed by atoms with Crippen LogP contribution in [0, 0.1) is 10.1 Å². The van der Waals surface area contributed by atoms with Gasteiger partial charge in [0, 0.05) is 10.9 Å². The third-order valence-corrected chi connectivity index (χ3v) is 4.21. The van der Waals surface area contributed by atoms with Crippen molar-refractivity contribution in [3.8, 4) is 10.8 Å². The monoisotopic (exact) mass is 307 g/mol. The van der Waals surface area contributed by atoms with Crippen molar-refractivity contribution in [2.45, 2.75) is 32.8 Å². The second kappa shape index (κ2) is 6.24. The minimum absolute atomic E-state index is 0.120. The lowest BCUT2D eigenvalue weighted by Gasteiger charge is -2.08. The zero-order chi connectivity index (χ0) is 15.6. The number of thiophene rings is 1. The zero-order valence-electron chi connectivity index (χ0n) is 12.1. The minimum Gasteiger partial charge on any atom is -0.440 e. The van der Waals surface area contributed by atoms with E-state index in [9.17, 15) is 15.2 Å². The number of hydrogen-bond donors (Lipinski definition) is 1. The summed E-state index contributed by atoms with van der Waals surface area (Å²) in [6.45, 7) is 5.70. The van der Waals surface area contributed by atoms with E-state index in [0.717, 1.165) is 16.9 Å². The normalized spacial score (nSPS) is 12.4. The van der Waals surface area contributed by atoms with Crippen molar-refractivity contribution in [3.05, 3.63) is 50.9 Å². The number of rotatable bonds is 5. The summed E-state index contributed by atoms with van der Waals surface area (Å²) < 4.78 is 5.66. The summed E-state index contributed by atoms with van der Waals surface area (Å²) in [5, 5.41) is 20.8. The van der Waals surface area contributed by atoms with Gasteiger partial charge in [0.25, 0.3) is 5.06 Å². The van der Waals surface area contributed by atoms with E-state index in [-0.39, 0.29) is 10.8 Å². The van der Waals surface area contributed by atoms with E-state index < -0.39 is 11.0 Å². The molecule has 0 aliphatic carbocycles. The Morgan fingerprint density at radius 1 is 1.29 bits per heavy atom. The molecular formula is C15H17NO4S. The van der Waals surface area contributed by atoms with Crippen molar-refractivity contribution in [3.63, 3.8) is 0 Å². The molecule has 5 nitrogen and oxygen atoms in total. The first-order valence-corrected chi connectivity index (χ1v) is 7.44. The Morgan fingerprint density at radius 3 is 2.57 bits per heavy atom. The highest BCUT2D eigenvalue weighted by molar-refractivity contribution is 7.14. The molecule has 2 aromatic rings. The van der Waals surface area contributed by atoms with Gasteiger partial charge in [-0.1, -0.05) is 37.3 Å². The second-order valence-electron chi connectivity index (χ2n) is 5.08. The number of nitrogens with zero attached hydrogens (tertiary/aromatic N) is 1. The molecule has 1 heterocycles. The molecule has 0 radical (unpaired) electrons. The quantitative estimate of drug-likeness (QED) is 0.646. The molecular weight excluding hydrogens is 290 g/mol. The van der Waals surface area contributed by atoms with Gasteiger partial charge >= 0.3 is 5.69 Å². The van der Waals surface area contributed by atoms with Crippen LogP contribution in [0.25, 0.3) is 0 Å². The van der Waals surface area contributed by atoms with Gasteiger partial charge in [0.15, 0.2) is 0 Å². The summed E-state index contributed by atoms with van der Waals surface area (Å²) in [7, 11) is 0. The van der Waals surface area contributed by atoms with Gasteiger partial charge < -0.3 is 9.84 Å². The minimum atomic E-state index is -0.756. The Kier molecular flexibility index (Phi) is 4.59. The van der Waals surface area contributed by atoms with Crippen LogP contribution in [0.15, 0.2) is 30.3 Å². The van der Waals surface area contributed by atoms with Gasteiger partial charge in [-0.15, -0.1) is 0 Å². The number of hydrogen-bond acceptors (Lipinski definition) is 5. The highest BCUT2D eigenvalue weighted by atomic mass is 32.1. The first kappa shape index (κ1) is 15.5. The Labute approximate surface area is 127 Å². The maximum Gasteiger partial charge on any atom is 0.323 e. The molecule has 1 aromatic heterocycles. The molecule has 0 spiro atoms. The number of nitro groups is 1. The molecule has 0 bridgehead atoms. The molecule has 1 N–H and O–H groups in total. The number of aliphatic hydroxyl groups excluding tert-OH is 1. The van der Waals surface area contributed by atoms with Crippen LogP contribution in [-0.2, 0) is 0 Å². The van der Waals surface area contributed by atoms with E-state index in [2.05, 4.69) is 13.8 Å². The number of benzene rings is 1. The summed E-state index contributed by atoms with van der Waals surface area (Å²) in [6, 6.07) is 8.84. The third kappa shape index (κ3) is 3.59. The molecule has 1 aromatic carbocycles. The summed E-state index contributed by atoms with van der Waals surface area (Å²) >= 11 is 1.09. The summed E-state index contributed by atoms with van der Waals surface area (Å²) in [5.74, 6) is 0.906. The van der Waals surface area contributed by atoms with E-state index in [1.165, 1.54) is 6.07 Å². The average Bonchev–Trinajstić information content (AvgIpc) is 2.83. The fourth-order valence-electron chi connectivity index (χ4n) is 1.83. The van der Waals surface area contributed by atoms with Crippen LogP contribution < -0.4 is 4.74 Å². The molecule has 21 heavy (non-hydrogen) atoms. The Hall–Kier alpha value is -1.92. The molecule has 0 aliphatic rings. The summed E-state index contributed by atoms with van der Waals surface area (Å²) in [5.41, 5.74) is 0.980. The SMILES string of the molecule is CC(C)c1cccc(Oc2sc([C@@H](C)O)cc2[N+](=O)[O-])c1. The molecule has 112 valence electrons. The van der Waals surface area contributed by atoms with Crippen molar-refractivity contribution in [2.24, 2.45) is 0 Å². The highest BCUT2D eigenvalue weighted by Crippen LogP contribution is 2.42. The van der Waals surface area contributed by atoms with Crippen molar-refractivity contribution in [1.82, 2.24) is 0 Å². The maximum atomic E-state index is 11.1. The molecule has 0 unspecified atom stereocenters. The summed E-state index contributed by atoms with van der Waals surface area (Å²) in [6.07, 6.45) is -0.756. The fourth-order valence-corrected chi connectivity index (χ4v) is 2.76. The standard InChI is InChI=1S/C15H17NO4S/c1-9(2)11-5-4-6-12(7-11)20-15-13(16(18)19)8-14(21-15)10(3)17/h4-10,17H,1-3H3/t10-/m1/s1. The smallest absolute Gasteiger partial charge is 0.323 e.